The Hall–Kier alpha value is -2.40. The SMILES string of the molecule is COc1ccc2c(NCc3ccc(P(=O)(O)O)cc3)ccnc2c1. The number of fused-ring (bicyclic) bond motifs is 1. The van der Waals surface area contributed by atoms with Crippen molar-refractivity contribution in [2.24, 2.45) is 0 Å². The maximum atomic E-state index is 11.2. The molecule has 0 atom stereocenters. The quantitative estimate of drug-likeness (QED) is 0.617. The highest BCUT2D eigenvalue weighted by Gasteiger charge is 2.15. The van der Waals surface area contributed by atoms with Gasteiger partial charge in [0.25, 0.3) is 0 Å². The summed E-state index contributed by atoms with van der Waals surface area (Å²) in [6, 6.07) is 13.9. The number of methoxy groups -OCH3 is 1. The number of nitrogens with zero attached hydrogens (tertiary/aromatic N) is 1. The van der Waals surface area contributed by atoms with Gasteiger partial charge in [-0.05, 0) is 35.9 Å². The molecule has 0 fully saturated rings. The third-order valence-electron chi connectivity index (χ3n) is 3.71. The molecular formula is C17H17N2O4P. The standard InChI is InChI=1S/C17H17N2O4P/c1-23-13-4-7-15-16(8-9-18-17(15)10-13)19-11-12-2-5-14(6-3-12)24(20,21)22/h2-10H,11H2,1H3,(H,18,19)(H2,20,21,22). The number of hydrogen-bond donors (Lipinski definition) is 3. The van der Waals surface area contributed by atoms with Crippen molar-refractivity contribution in [3.8, 4) is 5.75 Å². The minimum atomic E-state index is -4.20. The van der Waals surface area contributed by atoms with Crippen LogP contribution in [0.15, 0.2) is 54.7 Å². The average Bonchev–Trinajstić information content (AvgIpc) is 2.59. The van der Waals surface area contributed by atoms with E-state index >= 15 is 0 Å². The summed E-state index contributed by atoms with van der Waals surface area (Å²) >= 11 is 0. The number of ether oxygens (including phenoxy) is 1. The van der Waals surface area contributed by atoms with Crippen LogP contribution in [0.4, 0.5) is 5.69 Å². The number of rotatable bonds is 5. The second-order valence-corrected chi connectivity index (χ2v) is 6.91. The van der Waals surface area contributed by atoms with Gasteiger partial charge in [-0.25, -0.2) is 0 Å². The molecule has 0 aliphatic heterocycles. The number of hydrogen-bond acceptors (Lipinski definition) is 4. The van der Waals surface area contributed by atoms with E-state index in [1.807, 2.05) is 24.3 Å². The van der Waals surface area contributed by atoms with E-state index in [4.69, 9.17) is 14.5 Å². The average molecular weight is 344 g/mol. The zero-order chi connectivity index (χ0) is 17.2. The summed E-state index contributed by atoms with van der Waals surface area (Å²) in [5, 5.41) is 4.32. The minimum absolute atomic E-state index is 0.0210. The molecule has 6 nitrogen and oxygen atoms in total. The molecule has 3 rings (SSSR count). The molecule has 3 aromatic rings. The number of benzene rings is 2. The molecule has 24 heavy (non-hydrogen) atoms. The fourth-order valence-electron chi connectivity index (χ4n) is 2.41. The van der Waals surface area contributed by atoms with Crippen LogP contribution < -0.4 is 15.4 Å². The van der Waals surface area contributed by atoms with Crippen LogP contribution in [0.5, 0.6) is 5.75 Å². The largest absolute Gasteiger partial charge is 0.497 e. The molecule has 0 spiro atoms. The molecule has 0 saturated heterocycles. The van der Waals surface area contributed by atoms with Crippen LogP contribution in [0.3, 0.4) is 0 Å². The third kappa shape index (κ3) is 3.57. The molecule has 2 aromatic carbocycles. The topological polar surface area (TPSA) is 91.7 Å². The molecule has 0 amide bonds. The Morgan fingerprint density at radius 1 is 1.12 bits per heavy atom. The molecule has 1 heterocycles. The van der Waals surface area contributed by atoms with Crippen LogP contribution in [0.1, 0.15) is 5.56 Å². The first kappa shape index (κ1) is 16.5. The van der Waals surface area contributed by atoms with Crippen LogP contribution in [-0.2, 0) is 11.1 Å². The van der Waals surface area contributed by atoms with Gasteiger partial charge in [0, 0.05) is 29.9 Å². The van der Waals surface area contributed by atoms with Crippen molar-refractivity contribution in [1.82, 2.24) is 4.98 Å². The van der Waals surface area contributed by atoms with Crippen molar-refractivity contribution < 1.29 is 19.1 Å². The summed E-state index contributed by atoms with van der Waals surface area (Å²) in [4.78, 5) is 22.6. The third-order valence-corrected chi connectivity index (χ3v) is 4.68. The van der Waals surface area contributed by atoms with E-state index < -0.39 is 7.60 Å². The van der Waals surface area contributed by atoms with Gasteiger partial charge in [-0.1, -0.05) is 12.1 Å². The molecule has 1 aromatic heterocycles. The van der Waals surface area contributed by atoms with Gasteiger partial charge in [0.15, 0.2) is 0 Å². The van der Waals surface area contributed by atoms with Crippen LogP contribution in [0, 0.1) is 0 Å². The molecule has 0 aliphatic carbocycles. The van der Waals surface area contributed by atoms with E-state index in [1.54, 1.807) is 25.4 Å². The van der Waals surface area contributed by atoms with Crippen molar-refractivity contribution >= 4 is 29.5 Å². The van der Waals surface area contributed by atoms with E-state index in [2.05, 4.69) is 10.3 Å². The monoisotopic (exact) mass is 344 g/mol. The van der Waals surface area contributed by atoms with E-state index in [1.165, 1.54) is 12.1 Å². The van der Waals surface area contributed by atoms with Crippen LogP contribution >= 0.6 is 7.60 Å². The van der Waals surface area contributed by atoms with Crippen molar-refractivity contribution in [3.05, 3.63) is 60.3 Å². The van der Waals surface area contributed by atoms with E-state index in [-0.39, 0.29) is 5.30 Å². The second-order valence-electron chi connectivity index (χ2n) is 5.31. The van der Waals surface area contributed by atoms with Crippen LogP contribution in [0.25, 0.3) is 10.9 Å². The highest BCUT2D eigenvalue weighted by molar-refractivity contribution is 7.60. The summed E-state index contributed by atoms with van der Waals surface area (Å²) in [7, 11) is -2.58. The lowest BCUT2D eigenvalue weighted by atomic mass is 10.1. The van der Waals surface area contributed by atoms with Crippen molar-refractivity contribution in [3.63, 3.8) is 0 Å². The number of aromatic nitrogens is 1. The molecule has 3 N–H and O–H groups in total. The van der Waals surface area contributed by atoms with Crippen molar-refractivity contribution in [2.75, 3.05) is 12.4 Å². The number of nitrogens with one attached hydrogen (secondary N) is 1. The van der Waals surface area contributed by atoms with Gasteiger partial charge in [-0.2, -0.15) is 0 Å². The fraction of sp³-hybridized carbons (Fsp3) is 0.118. The minimum Gasteiger partial charge on any atom is -0.497 e. The molecule has 0 unspecified atom stereocenters. The summed E-state index contributed by atoms with van der Waals surface area (Å²) in [6.07, 6.45) is 1.72. The second kappa shape index (κ2) is 6.61. The van der Waals surface area contributed by atoms with Crippen molar-refractivity contribution in [2.45, 2.75) is 6.54 Å². The Kier molecular flexibility index (Phi) is 4.53. The smallest absolute Gasteiger partial charge is 0.356 e. The zero-order valence-corrected chi connectivity index (χ0v) is 13.9. The lowest BCUT2D eigenvalue weighted by Gasteiger charge is -2.11. The highest BCUT2D eigenvalue weighted by atomic mass is 31.2. The predicted octanol–water partition coefficient (Wildman–Crippen LogP) is 2.66. The molecule has 0 bridgehead atoms. The predicted molar refractivity (Wildman–Crippen MR) is 93.7 cm³/mol. The molecule has 0 aliphatic rings. The Bertz CT molecular complexity index is 906. The first-order chi connectivity index (χ1) is 11.5. The zero-order valence-electron chi connectivity index (χ0n) is 13.0. The summed E-state index contributed by atoms with van der Waals surface area (Å²) in [5.41, 5.74) is 2.68. The van der Waals surface area contributed by atoms with E-state index in [0.29, 0.717) is 6.54 Å². The maximum Gasteiger partial charge on any atom is 0.356 e. The lowest BCUT2D eigenvalue weighted by Crippen LogP contribution is -2.05. The first-order valence-electron chi connectivity index (χ1n) is 7.29. The Labute approximate surface area is 139 Å². The molecule has 0 radical (unpaired) electrons. The Balaban J connectivity index is 1.79. The van der Waals surface area contributed by atoms with Gasteiger partial charge in [0.1, 0.15) is 5.75 Å². The Morgan fingerprint density at radius 2 is 1.88 bits per heavy atom. The summed E-state index contributed by atoms with van der Waals surface area (Å²) in [5.74, 6) is 0.750. The Morgan fingerprint density at radius 3 is 2.54 bits per heavy atom. The lowest BCUT2D eigenvalue weighted by molar-refractivity contribution is 0.387. The number of pyridine rings is 1. The number of anilines is 1. The van der Waals surface area contributed by atoms with Gasteiger partial charge in [-0.3, -0.25) is 9.55 Å². The highest BCUT2D eigenvalue weighted by Crippen LogP contribution is 2.33. The van der Waals surface area contributed by atoms with E-state index in [9.17, 15) is 4.57 Å². The fourth-order valence-corrected chi connectivity index (χ4v) is 2.95. The van der Waals surface area contributed by atoms with Crippen LogP contribution in [-0.4, -0.2) is 21.9 Å². The molecular weight excluding hydrogens is 327 g/mol. The maximum absolute atomic E-state index is 11.2. The molecule has 0 saturated carbocycles. The van der Waals surface area contributed by atoms with Crippen LogP contribution in [0.2, 0.25) is 0 Å². The molecule has 124 valence electrons. The van der Waals surface area contributed by atoms with Gasteiger partial charge >= 0.3 is 7.60 Å². The normalized spacial score (nSPS) is 11.5. The summed E-state index contributed by atoms with van der Waals surface area (Å²) in [6.45, 7) is 0.534. The van der Waals surface area contributed by atoms with E-state index in [0.717, 1.165) is 27.9 Å². The molecule has 7 heteroatoms. The summed E-state index contributed by atoms with van der Waals surface area (Å²) < 4.78 is 16.4. The first-order valence-corrected chi connectivity index (χ1v) is 8.90. The van der Waals surface area contributed by atoms with Gasteiger partial charge < -0.3 is 19.8 Å². The van der Waals surface area contributed by atoms with Gasteiger partial charge in [-0.15, -0.1) is 0 Å². The van der Waals surface area contributed by atoms with Gasteiger partial charge in [0.2, 0.25) is 0 Å². The van der Waals surface area contributed by atoms with Crippen molar-refractivity contribution in [1.29, 1.82) is 0 Å². The van der Waals surface area contributed by atoms with Gasteiger partial charge in [0.05, 0.1) is 17.9 Å².